The third-order valence-corrected chi connectivity index (χ3v) is 3.74. The second-order valence-corrected chi connectivity index (χ2v) is 5.33. The second-order valence-electron chi connectivity index (χ2n) is 4.42. The highest BCUT2D eigenvalue weighted by Crippen LogP contribution is 2.29. The van der Waals surface area contributed by atoms with Gasteiger partial charge in [0.05, 0.1) is 11.9 Å². The van der Waals surface area contributed by atoms with Crippen molar-refractivity contribution in [2.45, 2.75) is 25.4 Å². The van der Waals surface area contributed by atoms with E-state index in [-0.39, 0.29) is 6.04 Å². The van der Waals surface area contributed by atoms with Crippen molar-refractivity contribution in [3.05, 3.63) is 40.6 Å². The molecule has 0 radical (unpaired) electrons. The molecule has 0 saturated carbocycles. The van der Waals surface area contributed by atoms with Gasteiger partial charge in [-0.3, -0.25) is 0 Å². The molecule has 0 spiro atoms. The van der Waals surface area contributed by atoms with Crippen LogP contribution in [0.5, 0.6) is 0 Å². The summed E-state index contributed by atoms with van der Waals surface area (Å²) >= 11 is 3.49. The molecule has 1 aromatic heterocycles. The Morgan fingerprint density at radius 3 is 3.12 bits per heavy atom. The Bertz CT molecular complexity index is 547. The van der Waals surface area contributed by atoms with E-state index < -0.39 is 0 Å². The molecular formula is C13H14BrN3. The fourth-order valence-corrected chi connectivity index (χ4v) is 2.79. The molecule has 1 aliphatic rings. The average molecular weight is 292 g/mol. The van der Waals surface area contributed by atoms with Gasteiger partial charge in [0.2, 0.25) is 0 Å². The van der Waals surface area contributed by atoms with Crippen molar-refractivity contribution in [2.75, 3.05) is 0 Å². The van der Waals surface area contributed by atoms with Crippen molar-refractivity contribution in [1.29, 1.82) is 0 Å². The van der Waals surface area contributed by atoms with Crippen molar-refractivity contribution in [3.63, 3.8) is 0 Å². The maximum absolute atomic E-state index is 6.10. The van der Waals surface area contributed by atoms with Gasteiger partial charge in [-0.05, 0) is 25.0 Å². The zero-order chi connectivity index (χ0) is 11.8. The summed E-state index contributed by atoms with van der Waals surface area (Å²) in [5, 5.41) is 0. The predicted octanol–water partition coefficient (Wildman–Crippen LogP) is 3.11. The number of halogens is 1. The highest BCUT2D eigenvalue weighted by molar-refractivity contribution is 9.10. The lowest BCUT2D eigenvalue weighted by Crippen LogP contribution is -2.21. The van der Waals surface area contributed by atoms with Crippen LogP contribution in [0.2, 0.25) is 0 Å². The molecule has 1 unspecified atom stereocenters. The molecule has 4 heteroatoms. The minimum Gasteiger partial charge on any atom is -0.327 e. The summed E-state index contributed by atoms with van der Waals surface area (Å²) in [7, 11) is 0. The summed E-state index contributed by atoms with van der Waals surface area (Å²) in [6.45, 7) is 1.02. The third kappa shape index (κ3) is 1.91. The van der Waals surface area contributed by atoms with E-state index in [1.807, 2.05) is 18.3 Å². The monoisotopic (exact) mass is 291 g/mol. The van der Waals surface area contributed by atoms with E-state index >= 15 is 0 Å². The minimum absolute atomic E-state index is 0.136. The van der Waals surface area contributed by atoms with E-state index in [1.165, 1.54) is 0 Å². The van der Waals surface area contributed by atoms with Crippen molar-refractivity contribution in [3.8, 4) is 11.4 Å². The number of nitrogens with two attached hydrogens (primary N) is 1. The van der Waals surface area contributed by atoms with E-state index in [0.717, 1.165) is 40.9 Å². The number of hydrogen-bond acceptors (Lipinski definition) is 2. The molecule has 0 bridgehead atoms. The van der Waals surface area contributed by atoms with Crippen LogP contribution in [0.15, 0.2) is 34.9 Å². The zero-order valence-electron chi connectivity index (χ0n) is 9.44. The third-order valence-electron chi connectivity index (χ3n) is 3.25. The molecule has 0 aliphatic carbocycles. The number of hydrogen-bond donors (Lipinski definition) is 1. The average Bonchev–Trinajstić information content (AvgIpc) is 2.74. The molecule has 1 aromatic carbocycles. The van der Waals surface area contributed by atoms with Gasteiger partial charge in [-0.25, -0.2) is 4.98 Å². The van der Waals surface area contributed by atoms with Gasteiger partial charge in [0, 0.05) is 22.6 Å². The minimum atomic E-state index is 0.136. The molecule has 2 N–H and O–H groups in total. The van der Waals surface area contributed by atoms with E-state index in [2.05, 4.69) is 37.6 Å². The van der Waals surface area contributed by atoms with Crippen LogP contribution >= 0.6 is 15.9 Å². The Hall–Kier alpha value is -1.13. The number of rotatable bonds is 1. The van der Waals surface area contributed by atoms with Crippen molar-refractivity contribution in [1.82, 2.24) is 9.55 Å². The lowest BCUT2D eigenvalue weighted by atomic mass is 10.1. The summed E-state index contributed by atoms with van der Waals surface area (Å²) in [4.78, 5) is 4.52. The Morgan fingerprint density at radius 1 is 1.41 bits per heavy atom. The van der Waals surface area contributed by atoms with Crippen LogP contribution in [0, 0.1) is 0 Å². The van der Waals surface area contributed by atoms with Crippen molar-refractivity contribution in [2.24, 2.45) is 5.73 Å². The van der Waals surface area contributed by atoms with Gasteiger partial charge >= 0.3 is 0 Å². The topological polar surface area (TPSA) is 43.8 Å². The van der Waals surface area contributed by atoms with Crippen molar-refractivity contribution >= 4 is 15.9 Å². The van der Waals surface area contributed by atoms with Crippen LogP contribution < -0.4 is 5.73 Å². The maximum Gasteiger partial charge on any atom is 0.140 e. The Morgan fingerprint density at radius 2 is 2.29 bits per heavy atom. The van der Waals surface area contributed by atoms with E-state index in [1.54, 1.807) is 0 Å². The van der Waals surface area contributed by atoms with Gasteiger partial charge < -0.3 is 10.3 Å². The maximum atomic E-state index is 6.10. The van der Waals surface area contributed by atoms with Crippen LogP contribution in [0.3, 0.4) is 0 Å². The van der Waals surface area contributed by atoms with Crippen molar-refractivity contribution < 1.29 is 0 Å². The van der Waals surface area contributed by atoms with E-state index in [9.17, 15) is 0 Å². The molecule has 1 atom stereocenters. The summed E-state index contributed by atoms with van der Waals surface area (Å²) in [5.74, 6) is 1.02. The summed E-state index contributed by atoms with van der Waals surface area (Å²) < 4.78 is 3.32. The van der Waals surface area contributed by atoms with Crippen LogP contribution in [0.25, 0.3) is 11.4 Å². The van der Waals surface area contributed by atoms with Gasteiger partial charge in [-0.15, -0.1) is 0 Å². The van der Waals surface area contributed by atoms with E-state index in [0.29, 0.717) is 0 Å². The zero-order valence-corrected chi connectivity index (χ0v) is 11.0. The Kier molecular flexibility index (Phi) is 2.76. The summed E-state index contributed by atoms with van der Waals surface area (Å²) in [6.07, 6.45) is 4.11. The van der Waals surface area contributed by atoms with Gasteiger partial charge in [-0.2, -0.15) is 0 Å². The largest absolute Gasteiger partial charge is 0.327 e. The van der Waals surface area contributed by atoms with Crippen LogP contribution in [-0.4, -0.2) is 9.55 Å². The first-order valence-electron chi connectivity index (χ1n) is 5.82. The number of nitrogens with zero attached hydrogens (tertiary/aromatic N) is 2. The van der Waals surface area contributed by atoms with Crippen LogP contribution in [0.4, 0.5) is 0 Å². The highest BCUT2D eigenvalue weighted by atomic mass is 79.9. The smallest absolute Gasteiger partial charge is 0.140 e. The highest BCUT2D eigenvalue weighted by Gasteiger charge is 2.20. The Balaban J connectivity index is 2.10. The first kappa shape index (κ1) is 11.0. The van der Waals surface area contributed by atoms with Crippen LogP contribution in [0.1, 0.15) is 24.6 Å². The first-order chi connectivity index (χ1) is 8.25. The molecule has 0 amide bonds. The second kappa shape index (κ2) is 4.27. The fraction of sp³-hybridized carbons (Fsp3) is 0.308. The number of benzene rings is 1. The molecule has 88 valence electrons. The summed E-state index contributed by atoms with van der Waals surface area (Å²) in [6, 6.07) is 8.37. The standard InChI is InChI=1S/C13H14BrN3/c14-10-4-1-3-9(7-10)13-16-8-12-11(15)5-2-6-17(12)13/h1,3-4,7-8,11H,2,5-6,15H2. The van der Waals surface area contributed by atoms with Gasteiger partial charge in [-0.1, -0.05) is 28.1 Å². The number of aromatic nitrogens is 2. The lowest BCUT2D eigenvalue weighted by molar-refractivity contribution is 0.466. The van der Waals surface area contributed by atoms with Gasteiger partial charge in [0.1, 0.15) is 5.82 Å². The Labute approximate surface area is 109 Å². The molecule has 0 fully saturated rings. The molecule has 3 nitrogen and oxygen atoms in total. The molecule has 3 rings (SSSR count). The molecule has 0 saturated heterocycles. The van der Waals surface area contributed by atoms with Crippen LogP contribution in [-0.2, 0) is 6.54 Å². The first-order valence-corrected chi connectivity index (χ1v) is 6.62. The number of fused-ring (bicyclic) bond motifs is 1. The molecule has 1 aliphatic heterocycles. The normalized spacial score (nSPS) is 19.1. The quantitative estimate of drug-likeness (QED) is 0.877. The van der Waals surface area contributed by atoms with Gasteiger partial charge in [0.25, 0.3) is 0 Å². The predicted molar refractivity (Wildman–Crippen MR) is 71.5 cm³/mol. The number of imidazole rings is 1. The van der Waals surface area contributed by atoms with Gasteiger partial charge in [0.15, 0.2) is 0 Å². The fourth-order valence-electron chi connectivity index (χ4n) is 2.39. The summed E-state index contributed by atoms with van der Waals surface area (Å²) in [5.41, 5.74) is 8.39. The molecular weight excluding hydrogens is 278 g/mol. The molecule has 2 aromatic rings. The molecule has 2 heterocycles. The molecule has 17 heavy (non-hydrogen) atoms. The SMILES string of the molecule is NC1CCCn2c1cnc2-c1cccc(Br)c1. The lowest BCUT2D eigenvalue weighted by Gasteiger charge is -2.22. The van der Waals surface area contributed by atoms with E-state index in [4.69, 9.17) is 5.73 Å².